The minimum atomic E-state index is -1.19. The molecule has 0 saturated carbocycles. The zero-order chi connectivity index (χ0) is 43.4. The standard InChI is InChI=1S/C59H123P/c1-5-9-13-17-21-25-28-31-34-37-41-45-49-53-57-60(56-52-48-44-40-24-20-16-12-8-4,58-54-50-46-42-38-35-32-29-26-22-18-14-10-6-2)59-55-51-47-43-39-36-33-30-27-23-19-15-11-7-3/h60H,5-59H2,1-4H3. The fourth-order valence-electron chi connectivity index (χ4n) is 10.6. The molecule has 0 aromatic rings. The fourth-order valence-corrected chi connectivity index (χ4v) is 16.1. The molecule has 0 aliphatic carbocycles. The van der Waals surface area contributed by atoms with Gasteiger partial charge in [0.25, 0.3) is 0 Å². The Balaban J connectivity index is 4.85. The Morgan fingerprint density at radius 3 is 0.350 bits per heavy atom. The van der Waals surface area contributed by atoms with Gasteiger partial charge in [-0.05, 0) is 0 Å². The van der Waals surface area contributed by atoms with Gasteiger partial charge >= 0.3 is 309 Å². The molecular weight excluding hydrogens is 740 g/mol. The first-order valence-electron chi connectivity index (χ1n) is 29.7. The fraction of sp³-hybridized carbons (Fsp3) is 1.00. The van der Waals surface area contributed by atoms with Crippen LogP contribution in [0.25, 0.3) is 0 Å². The van der Waals surface area contributed by atoms with Crippen LogP contribution < -0.4 is 0 Å². The van der Waals surface area contributed by atoms with Gasteiger partial charge in [0.2, 0.25) is 0 Å². The molecule has 0 fully saturated rings. The average molecular weight is 864 g/mol. The summed E-state index contributed by atoms with van der Waals surface area (Å²) in [5.74, 6) is 0. The van der Waals surface area contributed by atoms with Gasteiger partial charge in [-0.3, -0.25) is 0 Å². The molecule has 0 nitrogen and oxygen atoms in total. The third-order valence-electron chi connectivity index (χ3n) is 15.0. The second kappa shape index (κ2) is 53.8. The molecule has 0 aromatic heterocycles. The van der Waals surface area contributed by atoms with Gasteiger partial charge in [-0.1, -0.05) is 78.6 Å². The normalized spacial score (nSPS) is 12.3. The van der Waals surface area contributed by atoms with Crippen molar-refractivity contribution >= 4 is 7.26 Å². The first-order valence-corrected chi connectivity index (χ1v) is 32.6. The zero-order valence-corrected chi connectivity index (χ0v) is 44.4. The maximum absolute atomic E-state index is 2.35. The predicted octanol–water partition coefficient (Wildman–Crippen LogP) is 22.7. The summed E-state index contributed by atoms with van der Waals surface area (Å²) in [6, 6.07) is 0. The molecule has 0 atom stereocenters. The summed E-state index contributed by atoms with van der Waals surface area (Å²) in [7, 11) is -1.19. The van der Waals surface area contributed by atoms with E-state index in [0.29, 0.717) is 0 Å². The number of unbranched alkanes of at least 4 members (excludes halogenated alkanes) is 47. The Morgan fingerprint density at radius 2 is 0.233 bits per heavy atom. The average Bonchev–Trinajstić information content (AvgIpc) is 3.26. The molecule has 60 heavy (non-hydrogen) atoms. The van der Waals surface area contributed by atoms with Gasteiger partial charge in [0.05, 0.1) is 0 Å². The summed E-state index contributed by atoms with van der Waals surface area (Å²) >= 11 is 0. The molecule has 0 rings (SSSR count). The van der Waals surface area contributed by atoms with Crippen molar-refractivity contribution in [2.45, 2.75) is 355 Å². The van der Waals surface area contributed by atoms with Crippen molar-refractivity contribution in [1.29, 1.82) is 0 Å². The van der Waals surface area contributed by atoms with E-state index in [9.17, 15) is 0 Å². The van der Waals surface area contributed by atoms with Crippen LogP contribution in [0.15, 0.2) is 0 Å². The van der Waals surface area contributed by atoms with Crippen LogP contribution in [0, 0.1) is 0 Å². The Morgan fingerprint density at radius 1 is 0.133 bits per heavy atom. The Labute approximate surface area is 385 Å². The van der Waals surface area contributed by atoms with Crippen molar-refractivity contribution in [3.05, 3.63) is 0 Å². The van der Waals surface area contributed by atoms with Crippen molar-refractivity contribution in [3.8, 4) is 0 Å². The quantitative estimate of drug-likeness (QED) is 0.0422. The van der Waals surface area contributed by atoms with E-state index in [1.807, 2.05) is 0 Å². The second-order valence-corrected chi connectivity index (χ2v) is 26.1. The van der Waals surface area contributed by atoms with Gasteiger partial charge in [0.1, 0.15) is 0 Å². The predicted molar refractivity (Wildman–Crippen MR) is 286 cm³/mol. The van der Waals surface area contributed by atoms with Crippen LogP contribution in [0.1, 0.15) is 355 Å². The molecule has 0 aliphatic rings. The van der Waals surface area contributed by atoms with Gasteiger partial charge in [-0.15, -0.1) is 0 Å². The Hall–Kier alpha value is 0.430. The number of hydrogen-bond donors (Lipinski definition) is 0. The van der Waals surface area contributed by atoms with E-state index in [-0.39, 0.29) is 0 Å². The molecule has 0 heterocycles. The van der Waals surface area contributed by atoms with E-state index in [1.165, 1.54) is 276 Å². The third-order valence-corrected chi connectivity index (χ3v) is 20.6. The van der Waals surface area contributed by atoms with E-state index < -0.39 is 7.26 Å². The van der Waals surface area contributed by atoms with Gasteiger partial charge < -0.3 is 0 Å². The van der Waals surface area contributed by atoms with E-state index in [4.69, 9.17) is 0 Å². The molecule has 0 radical (unpaired) electrons. The third kappa shape index (κ3) is 47.9. The summed E-state index contributed by atoms with van der Waals surface area (Å²) in [4.78, 5) is 0. The minimum Gasteiger partial charge on any atom is -0.0654 e. The molecule has 0 saturated heterocycles. The Bertz CT molecular complexity index is 650. The molecule has 0 bridgehead atoms. The second-order valence-electron chi connectivity index (χ2n) is 21.1. The van der Waals surface area contributed by atoms with Gasteiger partial charge in [0.15, 0.2) is 0 Å². The molecule has 0 N–H and O–H groups in total. The minimum absolute atomic E-state index is 1.19. The number of rotatable bonds is 55. The molecule has 0 spiro atoms. The van der Waals surface area contributed by atoms with Crippen LogP contribution in [-0.2, 0) is 0 Å². The van der Waals surface area contributed by atoms with E-state index in [0.717, 1.165) is 0 Å². The van der Waals surface area contributed by atoms with Crippen molar-refractivity contribution in [2.75, 3.05) is 24.6 Å². The van der Waals surface area contributed by atoms with Crippen LogP contribution in [0.4, 0.5) is 0 Å². The van der Waals surface area contributed by atoms with Crippen LogP contribution in [0.2, 0.25) is 0 Å². The van der Waals surface area contributed by atoms with Crippen molar-refractivity contribution in [1.82, 2.24) is 0 Å². The summed E-state index contributed by atoms with van der Waals surface area (Å²) in [6.45, 7) is 9.35. The van der Waals surface area contributed by atoms with Crippen LogP contribution in [-0.4, -0.2) is 24.6 Å². The molecule has 1 heteroatoms. The van der Waals surface area contributed by atoms with Crippen LogP contribution in [0.5, 0.6) is 0 Å². The zero-order valence-electron chi connectivity index (χ0n) is 43.4. The summed E-state index contributed by atoms with van der Waals surface area (Å²) < 4.78 is 0. The molecule has 364 valence electrons. The van der Waals surface area contributed by atoms with Crippen LogP contribution in [0.3, 0.4) is 0 Å². The van der Waals surface area contributed by atoms with Crippen molar-refractivity contribution in [3.63, 3.8) is 0 Å². The monoisotopic (exact) mass is 863 g/mol. The summed E-state index contributed by atoms with van der Waals surface area (Å²) in [5.41, 5.74) is 0. The molecular formula is C59H123P. The van der Waals surface area contributed by atoms with E-state index in [2.05, 4.69) is 27.7 Å². The molecule has 0 amide bonds. The molecule has 0 aliphatic heterocycles. The maximum atomic E-state index is 2.35. The molecule has 0 aromatic carbocycles. The van der Waals surface area contributed by atoms with E-state index >= 15 is 0 Å². The van der Waals surface area contributed by atoms with Gasteiger partial charge in [-0.2, -0.15) is 0 Å². The van der Waals surface area contributed by atoms with Gasteiger partial charge in [0, 0.05) is 0 Å². The molecule has 0 unspecified atom stereocenters. The van der Waals surface area contributed by atoms with Crippen molar-refractivity contribution in [2.24, 2.45) is 0 Å². The van der Waals surface area contributed by atoms with E-state index in [1.54, 1.807) is 76.0 Å². The summed E-state index contributed by atoms with van der Waals surface area (Å²) in [6.07, 6.45) is 83.0. The van der Waals surface area contributed by atoms with Crippen molar-refractivity contribution < 1.29 is 0 Å². The summed E-state index contributed by atoms with van der Waals surface area (Å²) in [5, 5.41) is 0. The number of hydrogen-bond acceptors (Lipinski definition) is 0. The van der Waals surface area contributed by atoms with Crippen LogP contribution >= 0.6 is 7.26 Å². The SMILES string of the molecule is CCCCCCCCCCCCCCCC[PH](CCCCCCCCCCC)(CCCCCCCCCCCCCCCC)CCCCCCCCCCCCCCCC. The van der Waals surface area contributed by atoms with Gasteiger partial charge in [-0.25, -0.2) is 0 Å². The first kappa shape index (κ1) is 60.4. The first-order chi connectivity index (χ1) is 29.7. The topological polar surface area (TPSA) is 0 Å². The smallest absolute Gasteiger partial charge is 0.0654 e. The Kier molecular flexibility index (Phi) is 54.2.